The zero-order chi connectivity index (χ0) is 21.0. The first-order valence-corrected chi connectivity index (χ1v) is 11.9. The number of thioether (sulfide) groups is 1. The van der Waals surface area contributed by atoms with E-state index in [-0.39, 0.29) is 6.04 Å². The maximum absolute atomic E-state index is 6.35. The number of imidazole rings is 1. The zero-order valence-electron chi connectivity index (χ0n) is 17.8. The number of H-pyrrole nitrogens is 1. The van der Waals surface area contributed by atoms with E-state index < -0.39 is 0 Å². The molecule has 1 saturated heterocycles. The molecule has 30 heavy (non-hydrogen) atoms. The Bertz CT molecular complexity index is 1120. The molecular weight excluding hydrogens is 412 g/mol. The van der Waals surface area contributed by atoms with Crippen LogP contribution in [-0.4, -0.2) is 31.9 Å². The molecule has 0 spiro atoms. The van der Waals surface area contributed by atoms with Crippen molar-refractivity contribution >= 4 is 40.1 Å². The SMILES string of the molecule is Cc1ccc(C2=CSC(C)N2N2CC[C@H](C)[C@H]2c2nc3c(C)c(Cl)ccc3[nH]2)cc1. The minimum Gasteiger partial charge on any atom is -0.341 e. The molecular formula is C24H27ClN4S. The lowest BCUT2D eigenvalue weighted by Crippen LogP contribution is -2.43. The van der Waals surface area contributed by atoms with Gasteiger partial charge in [-0.1, -0.05) is 48.4 Å². The lowest BCUT2D eigenvalue weighted by molar-refractivity contribution is 0.00546. The van der Waals surface area contributed by atoms with Crippen LogP contribution >= 0.6 is 23.4 Å². The van der Waals surface area contributed by atoms with E-state index in [1.807, 2.05) is 30.8 Å². The Balaban J connectivity index is 1.54. The lowest BCUT2D eigenvalue weighted by atomic mass is 10.0. The summed E-state index contributed by atoms with van der Waals surface area (Å²) in [6, 6.07) is 13.0. The van der Waals surface area contributed by atoms with Crippen LogP contribution < -0.4 is 0 Å². The molecule has 3 aromatic rings. The van der Waals surface area contributed by atoms with Gasteiger partial charge in [-0.15, -0.1) is 11.8 Å². The Labute approximate surface area is 187 Å². The van der Waals surface area contributed by atoms with E-state index in [4.69, 9.17) is 16.6 Å². The van der Waals surface area contributed by atoms with Gasteiger partial charge in [-0.25, -0.2) is 9.99 Å². The van der Waals surface area contributed by atoms with Crippen molar-refractivity contribution in [2.75, 3.05) is 6.54 Å². The number of nitrogens with one attached hydrogen (secondary N) is 1. The van der Waals surface area contributed by atoms with Gasteiger partial charge in [-0.2, -0.15) is 0 Å². The number of hydrazine groups is 1. The van der Waals surface area contributed by atoms with Crippen LogP contribution in [0.4, 0.5) is 0 Å². The van der Waals surface area contributed by atoms with Crippen molar-refractivity contribution in [1.29, 1.82) is 0 Å². The molecule has 2 aromatic carbocycles. The lowest BCUT2D eigenvalue weighted by Gasteiger charge is -2.39. The minimum atomic E-state index is 0.213. The van der Waals surface area contributed by atoms with Crippen molar-refractivity contribution in [3.8, 4) is 0 Å². The molecule has 1 fully saturated rings. The normalized spacial score (nSPS) is 24.8. The number of hydrogen-bond donors (Lipinski definition) is 1. The average molecular weight is 439 g/mol. The predicted octanol–water partition coefficient (Wildman–Crippen LogP) is 6.52. The van der Waals surface area contributed by atoms with Crippen molar-refractivity contribution in [2.45, 2.75) is 45.5 Å². The number of benzene rings is 2. The molecule has 0 radical (unpaired) electrons. The van der Waals surface area contributed by atoms with Gasteiger partial charge in [0.2, 0.25) is 0 Å². The van der Waals surface area contributed by atoms with Crippen molar-refractivity contribution in [3.05, 3.63) is 69.3 Å². The second kappa shape index (κ2) is 7.63. The van der Waals surface area contributed by atoms with Crippen molar-refractivity contribution in [2.24, 2.45) is 5.92 Å². The van der Waals surface area contributed by atoms with Gasteiger partial charge in [-0.3, -0.25) is 5.01 Å². The molecule has 156 valence electrons. The van der Waals surface area contributed by atoms with Crippen molar-refractivity contribution in [3.63, 3.8) is 0 Å². The van der Waals surface area contributed by atoms with Gasteiger partial charge in [0.25, 0.3) is 0 Å². The number of aromatic amines is 1. The number of nitrogens with zero attached hydrogens (tertiary/aromatic N) is 3. The molecule has 0 saturated carbocycles. The molecule has 0 bridgehead atoms. The first-order valence-electron chi connectivity index (χ1n) is 10.6. The minimum absolute atomic E-state index is 0.213. The van der Waals surface area contributed by atoms with Gasteiger partial charge in [0, 0.05) is 11.6 Å². The maximum Gasteiger partial charge on any atom is 0.126 e. The molecule has 4 nitrogen and oxygen atoms in total. The summed E-state index contributed by atoms with van der Waals surface area (Å²) in [5, 5.41) is 8.44. The van der Waals surface area contributed by atoms with E-state index in [1.54, 1.807) is 0 Å². The summed E-state index contributed by atoms with van der Waals surface area (Å²) >= 11 is 8.23. The van der Waals surface area contributed by atoms with E-state index in [0.29, 0.717) is 11.3 Å². The van der Waals surface area contributed by atoms with Gasteiger partial charge in [-0.05, 0) is 61.8 Å². The van der Waals surface area contributed by atoms with E-state index in [1.165, 1.54) is 16.8 Å². The van der Waals surface area contributed by atoms with E-state index in [9.17, 15) is 0 Å². The molecule has 5 rings (SSSR count). The number of fused-ring (bicyclic) bond motifs is 1. The average Bonchev–Trinajstić information content (AvgIpc) is 3.42. The van der Waals surface area contributed by atoms with Gasteiger partial charge in [0.15, 0.2) is 0 Å². The molecule has 1 aromatic heterocycles. The fraction of sp³-hybridized carbons (Fsp3) is 0.375. The number of rotatable bonds is 3. The first-order chi connectivity index (χ1) is 14.4. The summed E-state index contributed by atoms with van der Waals surface area (Å²) in [5.41, 5.74) is 6.91. The third-order valence-electron chi connectivity index (χ3n) is 6.41. The van der Waals surface area contributed by atoms with Crippen LogP contribution in [-0.2, 0) is 0 Å². The second-order valence-electron chi connectivity index (χ2n) is 8.51. The van der Waals surface area contributed by atoms with Gasteiger partial charge >= 0.3 is 0 Å². The number of hydrogen-bond acceptors (Lipinski definition) is 4. The van der Waals surface area contributed by atoms with Crippen LogP contribution in [0.1, 0.15) is 48.8 Å². The van der Waals surface area contributed by atoms with Crippen molar-refractivity contribution in [1.82, 2.24) is 20.0 Å². The highest BCUT2D eigenvalue weighted by Gasteiger charge is 2.42. The Hall–Kier alpha value is -1.95. The van der Waals surface area contributed by atoms with Gasteiger partial charge < -0.3 is 4.98 Å². The summed E-state index contributed by atoms with van der Waals surface area (Å²) in [6.07, 6.45) is 1.15. The summed E-state index contributed by atoms with van der Waals surface area (Å²) < 4.78 is 0. The molecule has 0 aliphatic carbocycles. The van der Waals surface area contributed by atoms with Crippen LogP contribution in [0.15, 0.2) is 41.8 Å². The molecule has 2 aliphatic rings. The summed E-state index contributed by atoms with van der Waals surface area (Å²) in [5.74, 6) is 1.55. The van der Waals surface area contributed by atoms with E-state index in [2.05, 4.69) is 65.4 Å². The number of halogens is 1. The molecule has 0 amide bonds. The Kier molecular flexibility index (Phi) is 5.08. The zero-order valence-corrected chi connectivity index (χ0v) is 19.4. The standard InChI is InChI=1S/C24H27ClN4S/c1-14-5-7-18(8-6-14)21-13-30-17(4)29(21)28-12-11-15(2)23(28)24-26-20-10-9-19(25)16(3)22(20)27-24/h5-10,13,15,17,23H,11-12H2,1-4H3,(H,26,27)/t15-,17?,23-/m0/s1. The smallest absolute Gasteiger partial charge is 0.126 e. The van der Waals surface area contributed by atoms with Gasteiger partial charge in [0.05, 0.1) is 28.1 Å². The fourth-order valence-electron chi connectivity index (χ4n) is 4.67. The molecule has 6 heteroatoms. The van der Waals surface area contributed by atoms with E-state index >= 15 is 0 Å². The summed E-state index contributed by atoms with van der Waals surface area (Å²) in [6.45, 7) is 9.82. The quantitative estimate of drug-likeness (QED) is 0.504. The van der Waals surface area contributed by atoms with Crippen LogP contribution in [0, 0.1) is 19.8 Å². The molecule has 1 N–H and O–H groups in total. The maximum atomic E-state index is 6.35. The Morgan fingerprint density at radius 1 is 1.10 bits per heavy atom. The largest absolute Gasteiger partial charge is 0.341 e. The second-order valence-corrected chi connectivity index (χ2v) is 10.1. The predicted molar refractivity (Wildman–Crippen MR) is 127 cm³/mol. The highest BCUT2D eigenvalue weighted by atomic mass is 35.5. The summed E-state index contributed by atoms with van der Waals surface area (Å²) in [7, 11) is 0. The third kappa shape index (κ3) is 3.24. The van der Waals surface area contributed by atoms with Crippen molar-refractivity contribution < 1.29 is 0 Å². The molecule has 1 unspecified atom stereocenters. The van der Waals surface area contributed by atoms with Crippen LogP contribution in [0.2, 0.25) is 5.02 Å². The van der Waals surface area contributed by atoms with E-state index in [0.717, 1.165) is 40.4 Å². The molecule has 3 atom stereocenters. The topological polar surface area (TPSA) is 35.2 Å². The fourth-order valence-corrected chi connectivity index (χ4v) is 5.74. The van der Waals surface area contributed by atoms with Crippen LogP contribution in [0.25, 0.3) is 16.7 Å². The Morgan fingerprint density at radius 2 is 1.87 bits per heavy atom. The third-order valence-corrected chi connectivity index (χ3v) is 7.77. The van der Waals surface area contributed by atoms with Crippen LogP contribution in [0.5, 0.6) is 0 Å². The first kappa shape index (κ1) is 20.0. The molecule has 3 heterocycles. The number of aryl methyl sites for hydroxylation is 2. The van der Waals surface area contributed by atoms with Crippen LogP contribution in [0.3, 0.4) is 0 Å². The monoisotopic (exact) mass is 438 g/mol. The highest BCUT2D eigenvalue weighted by molar-refractivity contribution is 8.03. The van der Waals surface area contributed by atoms with Gasteiger partial charge in [0.1, 0.15) is 5.82 Å². The highest BCUT2D eigenvalue weighted by Crippen LogP contribution is 2.45. The number of aromatic nitrogens is 2. The summed E-state index contributed by atoms with van der Waals surface area (Å²) in [4.78, 5) is 8.63. The Morgan fingerprint density at radius 3 is 2.63 bits per heavy atom. The molecule has 2 aliphatic heterocycles.